The summed E-state index contributed by atoms with van der Waals surface area (Å²) in [5.41, 5.74) is 8.55. The van der Waals surface area contributed by atoms with E-state index >= 15 is 0 Å². The van der Waals surface area contributed by atoms with Crippen molar-refractivity contribution in [2.24, 2.45) is 0 Å². The van der Waals surface area contributed by atoms with E-state index in [0.717, 1.165) is 88.6 Å². The van der Waals surface area contributed by atoms with Crippen molar-refractivity contribution in [3.05, 3.63) is 86.5 Å². The average Bonchev–Trinajstić information content (AvgIpc) is 2.79. The summed E-state index contributed by atoms with van der Waals surface area (Å²) >= 11 is 0. The van der Waals surface area contributed by atoms with Gasteiger partial charge in [-0.3, -0.25) is 0 Å². The molecule has 3 rings (SSSR count). The highest BCUT2D eigenvalue weighted by Gasteiger charge is 2.17. The molecular weight excluding hydrogens is 420 g/mol. The second-order valence-corrected chi connectivity index (χ2v) is 9.86. The van der Waals surface area contributed by atoms with Crippen molar-refractivity contribution in [3.8, 4) is 17.2 Å². The van der Waals surface area contributed by atoms with Crippen molar-refractivity contribution < 1.29 is 15.3 Å². The Bertz CT molecular complexity index is 1060. The predicted octanol–water partition coefficient (Wildman–Crippen LogP) is 7.60. The van der Waals surface area contributed by atoms with Gasteiger partial charge in [-0.25, -0.2) is 0 Å². The molecule has 0 fully saturated rings. The molecule has 3 nitrogen and oxygen atoms in total. The van der Waals surface area contributed by atoms with Crippen molar-refractivity contribution in [2.75, 3.05) is 0 Å². The maximum atomic E-state index is 11.2. The molecule has 0 radical (unpaired) electrons. The normalized spacial score (nSPS) is 11.2. The Morgan fingerprint density at radius 1 is 0.471 bits per heavy atom. The molecule has 3 heteroatoms. The summed E-state index contributed by atoms with van der Waals surface area (Å²) in [4.78, 5) is 0. The monoisotopic (exact) mass is 460 g/mol. The second kappa shape index (κ2) is 11.5. The molecule has 0 heterocycles. The number of aryl methyl sites for hydroxylation is 5. The van der Waals surface area contributed by atoms with E-state index < -0.39 is 0 Å². The molecule has 0 bridgehead atoms. The first-order valence-corrected chi connectivity index (χ1v) is 12.7. The van der Waals surface area contributed by atoms with Gasteiger partial charge >= 0.3 is 0 Å². The topological polar surface area (TPSA) is 60.7 Å². The number of unbranched alkanes of at least 4 members (excludes halogenated alkanes) is 2. The quantitative estimate of drug-likeness (QED) is 0.292. The fourth-order valence-electron chi connectivity index (χ4n) is 4.87. The molecular formula is C31H40O3. The molecule has 3 N–H and O–H groups in total. The van der Waals surface area contributed by atoms with E-state index in [1.54, 1.807) is 0 Å². The molecule has 0 saturated heterocycles. The Labute approximate surface area is 205 Å². The lowest BCUT2D eigenvalue weighted by atomic mass is 9.91. The molecule has 182 valence electrons. The van der Waals surface area contributed by atoms with Crippen molar-refractivity contribution in [1.82, 2.24) is 0 Å². The van der Waals surface area contributed by atoms with Gasteiger partial charge in [0, 0.05) is 12.8 Å². The minimum Gasteiger partial charge on any atom is -0.507 e. The van der Waals surface area contributed by atoms with Gasteiger partial charge in [-0.15, -0.1) is 0 Å². The van der Waals surface area contributed by atoms with E-state index in [0.29, 0.717) is 24.3 Å². The van der Waals surface area contributed by atoms with Crippen LogP contribution in [0, 0.1) is 20.8 Å². The predicted molar refractivity (Wildman–Crippen MR) is 141 cm³/mol. The van der Waals surface area contributed by atoms with E-state index in [2.05, 4.69) is 39.8 Å². The molecule has 0 aliphatic rings. The molecule has 3 aromatic carbocycles. The van der Waals surface area contributed by atoms with E-state index in [-0.39, 0.29) is 5.75 Å². The van der Waals surface area contributed by atoms with Crippen LogP contribution < -0.4 is 0 Å². The Balaban J connectivity index is 1.96. The van der Waals surface area contributed by atoms with Gasteiger partial charge in [-0.2, -0.15) is 0 Å². The van der Waals surface area contributed by atoms with Crippen LogP contribution in [0.15, 0.2) is 36.4 Å². The standard InChI is InChI=1S/C31H40O3/c1-6-8-10-23-12-20(3)14-25(29(23)32)18-27-16-22(5)17-28(31(27)34)19-26-15-21(4)13-24(30(26)33)11-9-7-2/h12-17,32-34H,6-11,18-19H2,1-5H3. The van der Waals surface area contributed by atoms with Crippen LogP contribution in [0.5, 0.6) is 17.2 Å². The summed E-state index contributed by atoms with van der Waals surface area (Å²) in [5.74, 6) is 0.939. The maximum Gasteiger partial charge on any atom is 0.122 e. The van der Waals surface area contributed by atoms with Crippen LogP contribution >= 0.6 is 0 Å². The summed E-state index contributed by atoms with van der Waals surface area (Å²) in [7, 11) is 0. The van der Waals surface area contributed by atoms with Crippen LogP contribution in [-0.2, 0) is 25.7 Å². The Hall–Kier alpha value is -2.94. The second-order valence-electron chi connectivity index (χ2n) is 9.86. The summed E-state index contributed by atoms with van der Waals surface area (Å²) in [6.07, 6.45) is 6.88. The molecule has 0 aliphatic heterocycles. The van der Waals surface area contributed by atoms with Crippen LogP contribution in [0.1, 0.15) is 89.6 Å². The maximum absolute atomic E-state index is 11.2. The van der Waals surface area contributed by atoms with Gasteiger partial charge < -0.3 is 15.3 Å². The van der Waals surface area contributed by atoms with Gasteiger partial charge in [0.15, 0.2) is 0 Å². The van der Waals surface area contributed by atoms with Gasteiger partial charge in [-0.05, 0) is 79.8 Å². The molecule has 0 saturated carbocycles. The number of hydrogen-bond donors (Lipinski definition) is 3. The molecule has 3 aromatic rings. The molecule has 0 spiro atoms. The summed E-state index contributed by atoms with van der Waals surface area (Å²) in [5, 5.41) is 33.1. The number of hydrogen-bond acceptors (Lipinski definition) is 3. The van der Waals surface area contributed by atoms with Crippen LogP contribution in [0.3, 0.4) is 0 Å². The highest BCUT2D eigenvalue weighted by molar-refractivity contribution is 5.53. The van der Waals surface area contributed by atoms with E-state index in [4.69, 9.17) is 0 Å². The highest BCUT2D eigenvalue weighted by Crippen LogP contribution is 2.35. The molecule has 0 aromatic heterocycles. The first-order valence-electron chi connectivity index (χ1n) is 12.7. The lowest BCUT2D eigenvalue weighted by Gasteiger charge is -2.16. The Kier molecular flexibility index (Phi) is 8.66. The lowest BCUT2D eigenvalue weighted by molar-refractivity contribution is 0.452. The number of phenolic OH excluding ortho intramolecular Hbond substituents is 3. The zero-order valence-corrected chi connectivity index (χ0v) is 21.5. The van der Waals surface area contributed by atoms with E-state index in [9.17, 15) is 15.3 Å². The molecule has 0 aliphatic carbocycles. The van der Waals surface area contributed by atoms with Crippen molar-refractivity contribution in [2.45, 2.75) is 86.0 Å². The molecule has 0 amide bonds. The Morgan fingerprint density at radius 3 is 1.03 bits per heavy atom. The van der Waals surface area contributed by atoms with Crippen molar-refractivity contribution >= 4 is 0 Å². The third-order valence-electron chi connectivity index (χ3n) is 6.60. The number of rotatable bonds is 10. The van der Waals surface area contributed by atoms with Crippen molar-refractivity contribution in [3.63, 3.8) is 0 Å². The van der Waals surface area contributed by atoms with Crippen LogP contribution in [0.25, 0.3) is 0 Å². The minimum atomic E-state index is 0.248. The largest absolute Gasteiger partial charge is 0.507 e. The van der Waals surface area contributed by atoms with Gasteiger partial charge in [0.05, 0.1) is 0 Å². The zero-order chi connectivity index (χ0) is 24.8. The fourth-order valence-corrected chi connectivity index (χ4v) is 4.87. The highest BCUT2D eigenvalue weighted by atomic mass is 16.3. The van der Waals surface area contributed by atoms with Crippen LogP contribution in [0.2, 0.25) is 0 Å². The first kappa shape index (κ1) is 25.7. The van der Waals surface area contributed by atoms with Gasteiger partial charge in [0.2, 0.25) is 0 Å². The minimum absolute atomic E-state index is 0.248. The Morgan fingerprint density at radius 2 is 0.735 bits per heavy atom. The number of benzene rings is 3. The average molecular weight is 461 g/mol. The molecule has 34 heavy (non-hydrogen) atoms. The molecule has 0 unspecified atom stereocenters. The van der Waals surface area contributed by atoms with Gasteiger partial charge in [-0.1, -0.05) is 79.8 Å². The fraction of sp³-hybridized carbons (Fsp3) is 0.419. The zero-order valence-electron chi connectivity index (χ0n) is 21.5. The summed E-state index contributed by atoms with van der Waals surface area (Å²) in [6, 6.07) is 12.1. The third-order valence-corrected chi connectivity index (χ3v) is 6.60. The van der Waals surface area contributed by atoms with E-state index in [1.807, 2.05) is 31.2 Å². The van der Waals surface area contributed by atoms with Gasteiger partial charge in [0.25, 0.3) is 0 Å². The summed E-state index contributed by atoms with van der Waals surface area (Å²) < 4.78 is 0. The first-order chi connectivity index (χ1) is 16.2. The smallest absolute Gasteiger partial charge is 0.122 e. The third kappa shape index (κ3) is 6.14. The number of phenols is 3. The summed E-state index contributed by atoms with van der Waals surface area (Å²) in [6.45, 7) is 10.4. The molecule has 0 atom stereocenters. The van der Waals surface area contributed by atoms with E-state index in [1.165, 1.54) is 0 Å². The van der Waals surface area contributed by atoms with Gasteiger partial charge in [0.1, 0.15) is 17.2 Å². The van der Waals surface area contributed by atoms with Crippen molar-refractivity contribution in [1.29, 1.82) is 0 Å². The number of aromatic hydroxyl groups is 3. The lowest BCUT2D eigenvalue weighted by Crippen LogP contribution is -2.00. The SMILES string of the molecule is CCCCc1cc(C)cc(Cc2cc(C)cc(Cc3cc(C)cc(CCCC)c3O)c2O)c1O. The van der Waals surface area contributed by atoms with Crippen LogP contribution in [0.4, 0.5) is 0 Å². The van der Waals surface area contributed by atoms with Crippen LogP contribution in [-0.4, -0.2) is 15.3 Å².